The normalized spacial score (nSPS) is 14.5. The van der Waals surface area contributed by atoms with Crippen molar-refractivity contribution in [2.75, 3.05) is 0 Å². The molecule has 0 heterocycles. The number of nitrogens with zero attached hydrogens (tertiary/aromatic N) is 1. The molecule has 0 aromatic heterocycles. The van der Waals surface area contributed by atoms with Crippen molar-refractivity contribution in [1.29, 1.82) is 0 Å². The van der Waals surface area contributed by atoms with Crippen molar-refractivity contribution in [2.45, 2.75) is 33.2 Å². The summed E-state index contributed by atoms with van der Waals surface area (Å²) in [5.41, 5.74) is -0.591. The largest absolute Gasteiger partial charge is 0.513 e. The number of aliphatic imine (C=N–C) groups is 1. The lowest BCUT2D eigenvalue weighted by Crippen LogP contribution is -2.19. The molecule has 0 aliphatic rings. The molecule has 0 atom stereocenters. The number of hydrogen-bond donors (Lipinski definition) is 2. The van der Waals surface area contributed by atoms with Crippen molar-refractivity contribution in [1.82, 2.24) is 0 Å². The second-order valence-electron chi connectivity index (χ2n) is 3.76. The average molecular weight is 185 g/mol. The summed E-state index contributed by atoms with van der Waals surface area (Å²) in [5, 5.41) is 17.6. The highest BCUT2D eigenvalue weighted by Crippen LogP contribution is 2.07. The van der Waals surface area contributed by atoms with Crippen molar-refractivity contribution >= 4 is 11.7 Å². The zero-order valence-corrected chi connectivity index (χ0v) is 8.33. The predicted octanol–water partition coefficient (Wildman–Crippen LogP) is 1.77. The smallest absolute Gasteiger partial charge is 0.354 e. The number of carboxylic acids is 1. The van der Waals surface area contributed by atoms with Gasteiger partial charge in [0.2, 0.25) is 0 Å². The first-order valence-corrected chi connectivity index (χ1v) is 3.93. The molecular weight excluding hydrogens is 170 g/mol. The quantitative estimate of drug-likeness (QED) is 0.508. The average Bonchev–Trinajstić information content (AvgIpc) is 1.81. The second-order valence-corrected chi connectivity index (χ2v) is 3.76. The number of carboxylic acid groups (broad SMARTS) is 1. The number of hydrogen-bond acceptors (Lipinski definition) is 3. The van der Waals surface area contributed by atoms with Crippen molar-refractivity contribution in [3.8, 4) is 0 Å². The number of allylic oxidation sites excluding steroid dienone is 1. The van der Waals surface area contributed by atoms with Crippen LogP contribution in [-0.2, 0) is 4.79 Å². The Morgan fingerprint density at radius 1 is 1.31 bits per heavy atom. The Kier molecular flexibility index (Phi) is 3.66. The van der Waals surface area contributed by atoms with E-state index in [0.717, 1.165) is 6.08 Å². The molecular formula is C9H15NO3. The van der Waals surface area contributed by atoms with Crippen LogP contribution < -0.4 is 0 Å². The molecule has 4 heteroatoms. The highest BCUT2D eigenvalue weighted by molar-refractivity contribution is 6.40. The van der Waals surface area contributed by atoms with Gasteiger partial charge in [-0.15, -0.1) is 0 Å². The molecule has 4 nitrogen and oxygen atoms in total. The molecule has 0 saturated heterocycles. The van der Waals surface area contributed by atoms with Crippen LogP contribution in [0.15, 0.2) is 16.8 Å². The van der Waals surface area contributed by atoms with E-state index in [-0.39, 0.29) is 11.5 Å². The van der Waals surface area contributed by atoms with Crippen LogP contribution in [0.3, 0.4) is 0 Å². The fraction of sp³-hybridized carbons (Fsp3) is 0.556. The molecule has 0 radical (unpaired) electrons. The fourth-order valence-electron chi connectivity index (χ4n) is 0.701. The molecule has 0 aromatic carbocycles. The van der Waals surface area contributed by atoms with Gasteiger partial charge in [-0.3, -0.25) is 4.99 Å². The molecule has 13 heavy (non-hydrogen) atoms. The van der Waals surface area contributed by atoms with Crippen LogP contribution >= 0.6 is 0 Å². The van der Waals surface area contributed by atoms with E-state index in [9.17, 15) is 4.79 Å². The monoisotopic (exact) mass is 185 g/mol. The zero-order chi connectivity index (χ0) is 10.6. The maximum atomic E-state index is 10.6. The Balaban J connectivity index is 4.94. The second kappa shape index (κ2) is 4.07. The van der Waals surface area contributed by atoms with E-state index in [2.05, 4.69) is 4.99 Å². The summed E-state index contributed by atoms with van der Waals surface area (Å²) in [6.45, 7) is 6.77. The number of aliphatic hydroxyl groups excluding tert-OH is 1. The van der Waals surface area contributed by atoms with Crippen LogP contribution in [0.4, 0.5) is 0 Å². The molecule has 0 aliphatic heterocycles. The maximum absolute atomic E-state index is 10.6. The molecule has 74 valence electrons. The van der Waals surface area contributed by atoms with Crippen molar-refractivity contribution < 1.29 is 15.0 Å². The summed E-state index contributed by atoms with van der Waals surface area (Å²) in [6.07, 6.45) is 1.13. The summed E-state index contributed by atoms with van der Waals surface area (Å²) >= 11 is 0. The Hall–Kier alpha value is -1.32. The summed E-state index contributed by atoms with van der Waals surface area (Å²) in [6, 6.07) is 0. The van der Waals surface area contributed by atoms with Crippen LogP contribution in [0.1, 0.15) is 27.7 Å². The molecule has 0 rings (SSSR count). The highest BCUT2D eigenvalue weighted by atomic mass is 16.4. The Morgan fingerprint density at radius 2 is 1.77 bits per heavy atom. The summed E-state index contributed by atoms with van der Waals surface area (Å²) in [4.78, 5) is 14.6. The summed E-state index contributed by atoms with van der Waals surface area (Å²) in [5.74, 6) is -1.20. The minimum atomic E-state index is -1.14. The van der Waals surface area contributed by atoms with Gasteiger partial charge in [0.15, 0.2) is 0 Å². The lowest BCUT2D eigenvalue weighted by molar-refractivity contribution is -0.129. The van der Waals surface area contributed by atoms with Gasteiger partial charge in [0.1, 0.15) is 5.71 Å². The molecule has 0 bridgehead atoms. The van der Waals surface area contributed by atoms with Gasteiger partial charge in [-0.2, -0.15) is 0 Å². The number of aliphatic hydroxyl groups is 1. The van der Waals surface area contributed by atoms with E-state index in [1.54, 1.807) is 20.8 Å². The van der Waals surface area contributed by atoms with E-state index in [1.807, 2.05) is 0 Å². The van der Waals surface area contributed by atoms with Gasteiger partial charge in [-0.1, -0.05) is 0 Å². The van der Waals surface area contributed by atoms with Crippen LogP contribution in [0.5, 0.6) is 0 Å². The first kappa shape index (κ1) is 11.7. The third-order valence-electron chi connectivity index (χ3n) is 1.02. The molecule has 0 aromatic rings. The first-order chi connectivity index (χ1) is 5.72. The van der Waals surface area contributed by atoms with Gasteiger partial charge in [-0.25, -0.2) is 4.79 Å². The summed E-state index contributed by atoms with van der Waals surface area (Å²) in [7, 11) is 0. The minimum absolute atomic E-state index is 0.0644. The van der Waals surface area contributed by atoms with E-state index >= 15 is 0 Å². The number of carbonyl (C=O) groups is 1. The molecule has 0 saturated carbocycles. The van der Waals surface area contributed by atoms with Crippen LogP contribution in [0.25, 0.3) is 0 Å². The van der Waals surface area contributed by atoms with Gasteiger partial charge in [-0.05, 0) is 27.7 Å². The van der Waals surface area contributed by atoms with Crippen molar-refractivity contribution in [3.05, 3.63) is 11.8 Å². The molecule has 2 N–H and O–H groups in total. The zero-order valence-electron chi connectivity index (χ0n) is 8.33. The number of rotatable bonds is 2. The Morgan fingerprint density at radius 3 is 2.00 bits per heavy atom. The topological polar surface area (TPSA) is 69.9 Å². The van der Waals surface area contributed by atoms with E-state index in [0.29, 0.717) is 0 Å². The SMILES string of the molecule is C/C(O)=C\C(=N/C(C)(C)C)C(=O)O. The number of aliphatic carboxylic acids is 1. The van der Waals surface area contributed by atoms with Crippen molar-refractivity contribution in [2.24, 2.45) is 4.99 Å². The Labute approximate surface area is 77.6 Å². The molecule has 0 unspecified atom stereocenters. The van der Waals surface area contributed by atoms with Gasteiger partial charge in [0.25, 0.3) is 0 Å². The highest BCUT2D eigenvalue weighted by Gasteiger charge is 2.13. The van der Waals surface area contributed by atoms with Crippen molar-refractivity contribution in [3.63, 3.8) is 0 Å². The third kappa shape index (κ3) is 5.90. The van der Waals surface area contributed by atoms with Crippen LogP contribution in [-0.4, -0.2) is 27.4 Å². The van der Waals surface area contributed by atoms with Gasteiger partial charge >= 0.3 is 5.97 Å². The fourth-order valence-corrected chi connectivity index (χ4v) is 0.701. The predicted molar refractivity (Wildman–Crippen MR) is 51.2 cm³/mol. The lowest BCUT2D eigenvalue weighted by Gasteiger charge is -2.12. The molecule has 0 aliphatic carbocycles. The van der Waals surface area contributed by atoms with E-state index in [1.165, 1.54) is 6.92 Å². The van der Waals surface area contributed by atoms with Gasteiger partial charge < -0.3 is 10.2 Å². The third-order valence-corrected chi connectivity index (χ3v) is 1.02. The molecule has 0 amide bonds. The van der Waals surface area contributed by atoms with E-state index < -0.39 is 11.5 Å². The van der Waals surface area contributed by atoms with Crippen LogP contribution in [0.2, 0.25) is 0 Å². The molecule has 0 fully saturated rings. The van der Waals surface area contributed by atoms with Gasteiger partial charge in [0, 0.05) is 6.08 Å². The first-order valence-electron chi connectivity index (χ1n) is 3.93. The Bertz CT molecular complexity index is 255. The van der Waals surface area contributed by atoms with Crippen LogP contribution in [0, 0.1) is 0 Å². The standard InChI is InChI=1S/C9H15NO3/c1-6(11)5-7(8(12)13)10-9(2,3)4/h5,11H,1-4H3,(H,12,13)/b6-5+,10-7+. The minimum Gasteiger partial charge on any atom is -0.513 e. The molecule has 0 spiro atoms. The summed E-state index contributed by atoms with van der Waals surface area (Å²) < 4.78 is 0. The van der Waals surface area contributed by atoms with E-state index in [4.69, 9.17) is 10.2 Å². The van der Waals surface area contributed by atoms with Gasteiger partial charge in [0.05, 0.1) is 11.3 Å². The lowest BCUT2D eigenvalue weighted by atomic mass is 10.1. The maximum Gasteiger partial charge on any atom is 0.354 e.